The van der Waals surface area contributed by atoms with Crippen LogP contribution in [0.4, 0.5) is 0 Å². The fourth-order valence-electron chi connectivity index (χ4n) is 2.51. The Morgan fingerprint density at radius 2 is 2.15 bits per heavy atom. The van der Waals surface area contributed by atoms with Gasteiger partial charge in [0.15, 0.2) is 0 Å². The number of nitrogens with zero attached hydrogens (tertiary/aromatic N) is 1. The van der Waals surface area contributed by atoms with Crippen LogP contribution in [0.2, 0.25) is 0 Å². The van der Waals surface area contributed by atoms with Gasteiger partial charge in [-0.25, -0.2) is 0 Å². The normalized spacial score (nSPS) is 15.1. The van der Waals surface area contributed by atoms with Crippen LogP contribution >= 0.6 is 0 Å². The first-order valence-corrected chi connectivity index (χ1v) is 7.75. The van der Waals surface area contributed by atoms with Crippen LogP contribution in [-0.2, 0) is 17.8 Å². The van der Waals surface area contributed by atoms with Gasteiger partial charge in [-0.1, -0.05) is 13.0 Å². The summed E-state index contributed by atoms with van der Waals surface area (Å²) in [5.41, 5.74) is 2.68. The molecule has 3 nitrogen and oxygen atoms in total. The van der Waals surface area contributed by atoms with E-state index in [4.69, 9.17) is 4.74 Å². The number of aromatic nitrogens is 1. The molecule has 1 aromatic carbocycles. The lowest BCUT2D eigenvalue weighted by Crippen LogP contribution is -2.15. The molecule has 1 heterocycles. The zero-order valence-corrected chi connectivity index (χ0v) is 12.3. The molecule has 0 amide bonds. The molecule has 3 heteroatoms. The number of hydrogen-bond acceptors (Lipinski definition) is 2. The highest BCUT2D eigenvalue weighted by atomic mass is 16.5. The highest BCUT2D eigenvalue weighted by molar-refractivity contribution is 5.80. The van der Waals surface area contributed by atoms with E-state index in [9.17, 15) is 0 Å². The quantitative estimate of drug-likeness (QED) is 0.746. The molecular formula is C17H24N2O. The first-order valence-electron chi connectivity index (χ1n) is 7.75. The summed E-state index contributed by atoms with van der Waals surface area (Å²) in [7, 11) is 0. The molecule has 0 spiro atoms. The van der Waals surface area contributed by atoms with Gasteiger partial charge in [0.25, 0.3) is 0 Å². The Balaban J connectivity index is 1.62. The molecule has 2 aromatic rings. The topological polar surface area (TPSA) is 26.2 Å². The third-order valence-electron chi connectivity index (χ3n) is 3.83. The van der Waals surface area contributed by atoms with Crippen LogP contribution in [0.25, 0.3) is 10.9 Å². The van der Waals surface area contributed by atoms with Crippen LogP contribution in [0.3, 0.4) is 0 Å². The first kappa shape index (κ1) is 13.7. The lowest BCUT2D eigenvalue weighted by Gasteiger charge is -2.07. The van der Waals surface area contributed by atoms with Crippen molar-refractivity contribution in [1.82, 2.24) is 9.88 Å². The third kappa shape index (κ3) is 3.41. The molecule has 1 aliphatic rings. The largest absolute Gasteiger partial charge is 0.380 e. The average molecular weight is 272 g/mol. The number of hydrogen-bond donors (Lipinski definition) is 1. The molecule has 0 saturated heterocycles. The predicted molar refractivity (Wildman–Crippen MR) is 82.9 cm³/mol. The lowest BCUT2D eigenvalue weighted by molar-refractivity contribution is 0.127. The third-order valence-corrected chi connectivity index (χ3v) is 3.83. The number of fused-ring (bicyclic) bond motifs is 1. The van der Waals surface area contributed by atoms with E-state index in [1.165, 1.54) is 29.3 Å². The van der Waals surface area contributed by atoms with E-state index in [-0.39, 0.29) is 0 Å². The second-order valence-electron chi connectivity index (χ2n) is 5.67. The fourth-order valence-corrected chi connectivity index (χ4v) is 2.51. The van der Waals surface area contributed by atoms with Gasteiger partial charge in [0.2, 0.25) is 0 Å². The van der Waals surface area contributed by atoms with E-state index < -0.39 is 0 Å². The van der Waals surface area contributed by atoms with Crippen molar-refractivity contribution in [2.45, 2.75) is 45.3 Å². The summed E-state index contributed by atoms with van der Waals surface area (Å²) in [4.78, 5) is 0. The maximum atomic E-state index is 5.57. The van der Waals surface area contributed by atoms with Gasteiger partial charge in [-0.05, 0) is 48.4 Å². The Kier molecular flexibility index (Phi) is 4.38. The van der Waals surface area contributed by atoms with Crippen molar-refractivity contribution >= 4 is 10.9 Å². The van der Waals surface area contributed by atoms with Crippen molar-refractivity contribution < 1.29 is 4.74 Å². The molecule has 0 aliphatic heterocycles. The molecule has 0 radical (unpaired) electrons. The van der Waals surface area contributed by atoms with Gasteiger partial charge in [-0.3, -0.25) is 0 Å². The summed E-state index contributed by atoms with van der Waals surface area (Å²) in [6.45, 7) is 5.72. The molecule has 0 bridgehead atoms. The molecule has 20 heavy (non-hydrogen) atoms. The Labute approximate surface area is 120 Å². The minimum atomic E-state index is 0.769. The van der Waals surface area contributed by atoms with Crippen molar-refractivity contribution in [3.63, 3.8) is 0 Å². The van der Waals surface area contributed by atoms with E-state index in [2.05, 4.69) is 47.3 Å². The van der Waals surface area contributed by atoms with Crippen LogP contribution in [0.15, 0.2) is 30.5 Å². The fraction of sp³-hybridized carbons (Fsp3) is 0.529. The smallest absolute Gasteiger partial charge is 0.0645 e. The highest BCUT2D eigenvalue weighted by Crippen LogP contribution is 2.21. The second-order valence-corrected chi connectivity index (χ2v) is 5.67. The molecule has 1 N–H and O–H groups in total. The van der Waals surface area contributed by atoms with Crippen LogP contribution in [0.1, 0.15) is 31.7 Å². The Morgan fingerprint density at radius 3 is 2.95 bits per heavy atom. The van der Waals surface area contributed by atoms with Crippen molar-refractivity contribution in [1.29, 1.82) is 0 Å². The monoisotopic (exact) mass is 272 g/mol. The number of rotatable bonds is 8. The molecule has 1 aromatic heterocycles. The van der Waals surface area contributed by atoms with Crippen LogP contribution in [0.5, 0.6) is 0 Å². The molecule has 3 rings (SSSR count). The van der Waals surface area contributed by atoms with E-state index in [1.54, 1.807) is 0 Å². The van der Waals surface area contributed by atoms with E-state index in [0.29, 0.717) is 0 Å². The van der Waals surface area contributed by atoms with E-state index >= 15 is 0 Å². The van der Waals surface area contributed by atoms with Crippen LogP contribution < -0.4 is 5.32 Å². The van der Waals surface area contributed by atoms with Gasteiger partial charge < -0.3 is 14.6 Å². The Bertz CT molecular complexity index is 557. The summed E-state index contributed by atoms with van der Waals surface area (Å²) < 4.78 is 7.85. The SMILES string of the molecule is CCCOCCn1ccc2cc(CNC3CC3)ccc21. The van der Waals surface area contributed by atoms with Gasteiger partial charge in [0.1, 0.15) is 0 Å². The Morgan fingerprint density at radius 1 is 1.25 bits per heavy atom. The standard InChI is InChI=1S/C17H24N2O/c1-2-10-20-11-9-19-8-7-15-12-14(3-6-17(15)19)13-18-16-4-5-16/h3,6-8,12,16,18H,2,4-5,9-11,13H2,1H3. The minimum absolute atomic E-state index is 0.769. The van der Waals surface area contributed by atoms with Crippen molar-refractivity contribution in [3.8, 4) is 0 Å². The predicted octanol–water partition coefficient (Wildman–Crippen LogP) is 3.32. The number of nitrogens with one attached hydrogen (secondary N) is 1. The highest BCUT2D eigenvalue weighted by Gasteiger charge is 2.19. The average Bonchev–Trinajstić information content (AvgIpc) is 3.22. The van der Waals surface area contributed by atoms with Crippen molar-refractivity contribution in [2.24, 2.45) is 0 Å². The summed E-state index contributed by atoms with van der Waals surface area (Å²) in [6, 6.07) is 9.75. The van der Waals surface area contributed by atoms with Crippen LogP contribution in [0, 0.1) is 0 Å². The second kappa shape index (κ2) is 6.42. The van der Waals surface area contributed by atoms with E-state index in [1.807, 2.05) is 0 Å². The molecular weight excluding hydrogens is 248 g/mol. The zero-order valence-electron chi connectivity index (χ0n) is 12.3. The van der Waals surface area contributed by atoms with Crippen molar-refractivity contribution in [3.05, 3.63) is 36.0 Å². The summed E-state index contributed by atoms with van der Waals surface area (Å²) in [5, 5.41) is 4.90. The number of benzene rings is 1. The molecule has 108 valence electrons. The van der Waals surface area contributed by atoms with Gasteiger partial charge in [0.05, 0.1) is 6.61 Å². The molecule has 0 atom stereocenters. The van der Waals surface area contributed by atoms with Gasteiger partial charge in [-0.2, -0.15) is 0 Å². The summed E-state index contributed by atoms with van der Waals surface area (Å²) in [5.74, 6) is 0. The maximum Gasteiger partial charge on any atom is 0.0645 e. The lowest BCUT2D eigenvalue weighted by atomic mass is 10.1. The molecule has 1 saturated carbocycles. The minimum Gasteiger partial charge on any atom is -0.380 e. The van der Waals surface area contributed by atoms with Gasteiger partial charge in [0, 0.05) is 37.5 Å². The van der Waals surface area contributed by atoms with Crippen LogP contribution in [-0.4, -0.2) is 23.8 Å². The maximum absolute atomic E-state index is 5.57. The molecule has 1 fully saturated rings. The van der Waals surface area contributed by atoms with Gasteiger partial charge >= 0.3 is 0 Å². The van der Waals surface area contributed by atoms with Crippen molar-refractivity contribution in [2.75, 3.05) is 13.2 Å². The van der Waals surface area contributed by atoms with Gasteiger partial charge in [-0.15, -0.1) is 0 Å². The Hall–Kier alpha value is -1.32. The summed E-state index contributed by atoms with van der Waals surface area (Å²) in [6.07, 6.45) is 5.94. The molecule has 1 aliphatic carbocycles. The summed E-state index contributed by atoms with van der Waals surface area (Å²) >= 11 is 0. The molecule has 0 unspecified atom stereocenters. The first-order chi connectivity index (χ1) is 9.86. The number of ether oxygens (including phenoxy) is 1. The zero-order chi connectivity index (χ0) is 13.8. The van der Waals surface area contributed by atoms with E-state index in [0.717, 1.165) is 38.8 Å².